The fraction of sp³-hybridized carbons (Fsp3) is 0.562. The minimum atomic E-state index is -0.217. The lowest BCUT2D eigenvalue weighted by atomic mass is 10.1. The van der Waals surface area contributed by atoms with Crippen molar-refractivity contribution in [2.75, 3.05) is 11.4 Å². The molecular weight excluding hydrogens is 250 g/mol. The average molecular weight is 275 g/mol. The van der Waals surface area contributed by atoms with Gasteiger partial charge in [-0.2, -0.15) is 0 Å². The number of nitrogens with two attached hydrogens (primary N) is 1. The standard InChI is InChI=1S/C16H25N3O/c1-11(2)18-10-13-6-7-14(9-12(13)3)19-8-4-5-15(19)16(17)20/h6-7,9,11,15,18H,4-5,8,10H2,1-3H3,(H2,17,20). The molecule has 0 bridgehead atoms. The highest BCUT2D eigenvalue weighted by Gasteiger charge is 2.29. The van der Waals surface area contributed by atoms with E-state index in [2.05, 4.69) is 49.2 Å². The molecule has 1 aromatic carbocycles. The Kier molecular flexibility index (Phi) is 4.65. The van der Waals surface area contributed by atoms with Crippen molar-refractivity contribution in [1.29, 1.82) is 0 Å². The molecule has 1 saturated heterocycles. The summed E-state index contributed by atoms with van der Waals surface area (Å²) >= 11 is 0. The molecule has 0 aliphatic carbocycles. The third-order valence-electron chi connectivity index (χ3n) is 3.94. The molecule has 1 aliphatic heterocycles. The van der Waals surface area contributed by atoms with E-state index in [1.807, 2.05) is 0 Å². The molecule has 1 atom stereocenters. The number of nitrogens with zero attached hydrogens (tertiary/aromatic N) is 1. The molecule has 2 rings (SSSR count). The number of nitrogens with one attached hydrogen (secondary N) is 1. The van der Waals surface area contributed by atoms with Gasteiger partial charge in [0, 0.05) is 24.8 Å². The van der Waals surface area contributed by atoms with Crippen LogP contribution in [-0.2, 0) is 11.3 Å². The van der Waals surface area contributed by atoms with Crippen LogP contribution in [0.3, 0.4) is 0 Å². The van der Waals surface area contributed by atoms with Crippen molar-refractivity contribution in [1.82, 2.24) is 5.32 Å². The van der Waals surface area contributed by atoms with E-state index in [9.17, 15) is 4.79 Å². The summed E-state index contributed by atoms with van der Waals surface area (Å²) in [5, 5.41) is 3.43. The van der Waals surface area contributed by atoms with Crippen LogP contribution in [0, 0.1) is 6.92 Å². The normalized spacial score (nSPS) is 18.8. The van der Waals surface area contributed by atoms with Crippen LogP contribution in [0.2, 0.25) is 0 Å². The van der Waals surface area contributed by atoms with E-state index < -0.39 is 0 Å². The van der Waals surface area contributed by atoms with Crippen molar-refractivity contribution in [2.45, 2.75) is 52.2 Å². The van der Waals surface area contributed by atoms with Crippen LogP contribution < -0.4 is 16.0 Å². The third-order valence-corrected chi connectivity index (χ3v) is 3.94. The number of benzene rings is 1. The van der Waals surface area contributed by atoms with Gasteiger partial charge in [-0.15, -0.1) is 0 Å². The molecule has 3 N–H and O–H groups in total. The Morgan fingerprint density at radius 1 is 1.50 bits per heavy atom. The maximum Gasteiger partial charge on any atom is 0.240 e. The zero-order valence-electron chi connectivity index (χ0n) is 12.6. The highest BCUT2D eigenvalue weighted by atomic mass is 16.1. The zero-order chi connectivity index (χ0) is 14.7. The molecule has 0 saturated carbocycles. The topological polar surface area (TPSA) is 58.4 Å². The highest BCUT2D eigenvalue weighted by Crippen LogP contribution is 2.27. The van der Waals surface area contributed by atoms with Gasteiger partial charge in [-0.05, 0) is 43.0 Å². The monoisotopic (exact) mass is 275 g/mol. The lowest BCUT2D eigenvalue weighted by Gasteiger charge is -2.25. The molecule has 4 nitrogen and oxygen atoms in total. The number of primary amides is 1. The van der Waals surface area contributed by atoms with Crippen molar-refractivity contribution < 1.29 is 4.79 Å². The first kappa shape index (κ1) is 14.9. The Morgan fingerprint density at radius 3 is 2.85 bits per heavy atom. The van der Waals surface area contributed by atoms with Gasteiger partial charge in [0.2, 0.25) is 5.91 Å². The Labute approximate surface area is 121 Å². The Hall–Kier alpha value is -1.55. The van der Waals surface area contributed by atoms with Crippen molar-refractivity contribution in [3.05, 3.63) is 29.3 Å². The van der Waals surface area contributed by atoms with Gasteiger partial charge in [-0.3, -0.25) is 4.79 Å². The summed E-state index contributed by atoms with van der Waals surface area (Å²) in [4.78, 5) is 13.6. The summed E-state index contributed by atoms with van der Waals surface area (Å²) in [6.07, 6.45) is 1.90. The first-order valence-electron chi connectivity index (χ1n) is 7.38. The van der Waals surface area contributed by atoms with E-state index in [0.29, 0.717) is 6.04 Å². The van der Waals surface area contributed by atoms with E-state index in [1.54, 1.807) is 0 Å². The van der Waals surface area contributed by atoms with E-state index in [1.165, 1.54) is 11.1 Å². The first-order chi connectivity index (χ1) is 9.49. The van der Waals surface area contributed by atoms with Gasteiger partial charge in [0.15, 0.2) is 0 Å². The van der Waals surface area contributed by atoms with Crippen LogP contribution in [0.4, 0.5) is 5.69 Å². The Balaban J connectivity index is 2.14. The molecule has 1 aliphatic rings. The molecule has 0 radical (unpaired) electrons. The largest absolute Gasteiger partial charge is 0.368 e. The number of hydrogen-bond donors (Lipinski definition) is 2. The van der Waals surface area contributed by atoms with E-state index in [-0.39, 0.29) is 11.9 Å². The SMILES string of the molecule is Cc1cc(N2CCCC2C(N)=O)ccc1CNC(C)C. The molecule has 1 fully saturated rings. The number of carbonyl (C=O) groups is 1. The van der Waals surface area contributed by atoms with Crippen LogP contribution in [0.5, 0.6) is 0 Å². The summed E-state index contributed by atoms with van der Waals surface area (Å²) in [5.41, 5.74) is 9.15. The van der Waals surface area contributed by atoms with Crippen molar-refractivity contribution in [3.63, 3.8) is 0 Å². The minimum absolute atomic E-state index is 0.144. The molecule has 0 spiro atoms. The molecule has 4 heteroatoms. The van der Waals surface area contributed by atoms with Crippen molar-refractivity contribution in [3.8, 4) is 0 Å². The summed E-state index contributed by atoms with van der Waals surface area (Å²) in [6.45, 7) is 8.20. The van der Waals surface area contributed by atoms with Crippen LogP contribution in [0.1, 0.15) is 37.8 Å². The molecule has 1 unspecified atom stereocenters. The van der Waals surface area contributed by atoms with Crippen molar-refractivity contribution in [2.24, 2.45) is 5.73 Å². The lowest BCUT2D eigenvalue weighted by molar-refractivity contribution is -0.119. The van der Waals surface area contributed by atoms with Crippen LogP contribution >= 0.6 is 0 Å². The number of anilines is 1. The van der Waals surface area contributed by atoms with Gasteiger partial charge in [0.1, 0.15) is 6.04 Å². The predicted molar refractivity (Wildman–Crippen MR) is 82.7 cm³/mol. The average Bonchev–Trinajstić information content (AvgIpc) is 2.86. The van der Waals surface area contributed by atoms with Gasteiger partial charge in [0.05, 0.1) is 0 Å². The fourth-order valence-electron chi connectivity index (χ4n) is 2.74. The number of carbonyl (C=O) groups excluding carboxylic acids is 1. The van der Waals surface area contributed by atoms with E-state index >= 15 is 0 Å². The van der Waals surface area contributed by atoms with Crippen LogP contribution in [0.15, 0.2) is 18.2 Å². The quantitative estimate of drug-likeness (QED) is 0.863. The second kappa shape index (κ2) is 6.27. The maximum absolute atomic E-state index is 11.5. The maximum atomic E-state index is 11.5. The van der Waals surface area contributed by atoms with Gasteiger partial charge in [0.25, 0.3) is 0 Å². The fourth-order valence-corrected chi connectivity index (χ4v) is 2.74. The summed E-state index contributed by atoms with van der Waals surface area (Å²) in [6, 6.07) is 6.75. The van der Waals surface area contributed by atoms with Gasteiger partial charge >= 0.3 is 0 Å². The lowest BCUT2D eigenvalue weighted by Crippen LogP contribution is -2.40. The Bertz CT molecular complexity index is 485. The summed E-state index contributed by atoms with van der Waals surface area (Å²) in [5.74, 6) is -0.217. The van der Waals surface area contributed by atoms with Gasteiger partial charge in [-0.1, -0.05) is 19.9 Å². The Morgan fingerprint density at radius 2 is 2.25 bits per heavy atom. The summed E-state index contributed by atoms with van der Waals surface area (Å²) in [7, 11) is 0. The number of aryl methyl sites for hydroxylation is 1. The molecule has 20 heavy (non-hydrogen) atoms. The van der Waals surface area contributed by atoms with Gasteiger partial charge < -0.3 is 16.0 Å². The number of hydrogen-bond acceptors (Lipinski definition) is 3. The second-order valence-corrected chi connectivity index (χ2v) is 5.90. The molecule has 1 aromatic rings. The van der Waals surface area contributed by atoms with Crippen LogP contribution in [-0.4, -0.2) is 24.5 Å². The van der Waals surface area contributed by atoms with E-state index in [4.69, 9.17) is 5.73 Å². The van der Waals surface area contributed by atoms with Crippen molar-refractivity contribution >= 4 is 11.6 Å². The molecule has 1 heterocycles. The summed E-state index contributed by atoms with van der Waals surface area (Å²) < 4.78 is 0. The molecule has 110 valence electrons. The second-order valence-electron chi connectivity index (χ2n) is 5.90. The number of amides is 1. The molecular formula is C16H25N3O. The molecule has 0 aromatic heterocycles. The third kappa shape index (κ3) is 3.31. The smallest absolute Gasteiger partial charge is 0.240 e. The molecule has 1 amide bonds. The highest BCUT2D eigenvalue weighted by molar-refractivity contribution is 5.84. The van der Waals surface area contributed by atoms with Gasteiger partial charge in [-0.25, -0.2) is 0 Å². The van der Waals surface area contributed by atoms with E-state index in [0.717, 1.165) is 31.6 Å². The minimum Gasteiger partial charge on any atom is -0.368 e. The first-order valence-corrected chi connectivity index (χ1v) is 7.38. The zero-order valence-corrected chi connectivity index (χ0v) is 12.6. The number of rotatable bonds is 5. The predicted octanol–water partition coefficient (Wildman–Crippen LogP) is 1.95. The van der Waals surface area contributed by atoms with Crippen LogP contribution in [0.25, 0.3) is 0 Å².